The van der Waals surface area contributed by atoms with Crippen molar-refractivity contribution in [1.82, 2.24) is 9.80 Å². The Morgan fingerprint density at radius 2 is 0.853 bits per heavy atom. The molecular formula is C32H60N2. The Kier molecular flexibility index (Phi) is 12.6. The van der Waals surface area contributed by atoms with Gasteiger partial charge in [-0.3, -0.25) is 0 Å². The van der Waals surface area contributed by atoms with Gasteiger partial charge in [-0.2, -0.15) is 0 Å². The van der Waals surface area contributed by atoms with E-state index in [0.717, 1.165) is 23.7 Å². The Balaban J connectivity index is 1.44. The van der Waals surface area contributed by atoms with E-state index in [-0.39, 0.29) is 0 Å². The van der Waals surface area contributed by atoms with E-state index in [1.165, 1.54) is 174 Å². The summed E-state index contributed by atoms with van der Waals surface area (Å²) in [4.78, 5) is 5.87. The summed E-state index contributed by atoms with van der Waals surface area (Å²) < 4.78 is 0. The van der Waals surface area contributed by atoms with E-state index in [4.69, 9.17) is 0 Å². The Hall–Kier alpha value is -0.0800. The molecule has 0 aromatic rings. The van der Waals surface area contributed by atoms with E-state index < -0.39 is 0 Å². The summed E-state index contributed by atoms with van der Waals surface area (Å²) in [6.07, 6.45) is 33.0. The fourth-order valence-corrected chi connectivity index (χ4v) is 8.29. The van der Waals surface area contributed by atoms with Crippen LogP contribution in [0, 0.1) is 23.7 Å². The molecular weight excluding hydrogens is 412 g/mol. The van der Waals surface area contributed by atoms with Crippen molar-refractivity contribution in [2.24, 2.45) is 23.7 Å². The van der Waals surface area contributed by atoms with Crippen LogP contribution in [-0.2, 0) is 0 Å². The first kappa shape index (κ1) is 27.0. The minimum Gasteiger partial charge on any atom is -0.303 e. The summed E-state index contributed by atoms with van der Waals surface area (Å²) in [5.41, 5.74) is 0. The second-order valence-electron chi connectivity index (χ2n) is 13.1. The summed E-state index contributed by atoms with van der Waals surface area (Å²) in [5.74, 6) is 4.01. The molecule has 0 aromatic carbocycles. The van der Waals surface area contributed by atoms with Crippen LogP contribution in [0.1, 0.15) is 141 Å². The van der Waals surface area contributed by atoms with Crippen LogP contribution in [0.25, 0.3) is 0 Å². The van der Waals surface area contributed by atoms with Gasteiger partial charge in [-0.25, -0.2) is 0 Å². The first-order valence-corrected chi connectivity index (χ1v) is 16.3. The number of hydrogen-bond donors (Lipinski definition) is 0. The number of nitrogens with zero attached hydrogens (tertiary/aromatic N) is 2. The molecule has 0 aromatic heterocycles. The second kappa shape index (κ2) is 15.9. The average molecular weight is 473 g/mol. The number of hydrogen-bond acceptors (Lipinski definition) is 2. The molecule has 0 radical (unpaired) electrons. The largest absolute Gasteiger partial charge is 0.303 e. The fraction of sp³-hybridized carbons (Fsp3) is 1.00. The van der Waals surface area contributed by atoms with E-state index in [1.54, 1.807) is 6.42 Å². The first-order valence-electron chi connectivity index (χ1n) is 16.3. The normalized spacial score (nSPS) is 38.8. The molecule has 5 saturated heterocycles. The molecule has 6 bridgehead atoms. The molecule has 2 heteroatoms. The van der Waals surface area contributed by atoms with Gasteiger partial charge in [0.15, 0.2) is 0 Å². The van der Waals surface area contributed by atoms with E-state index in [2.05, 4.69) is 9.80 Å². The SMILES string of the molecule is C1CCCCCCN2C[C@@H]3CCCCCCCCCCN4CC[C@@H]([C@H](CCCCC1)C4)[C@@H](C3)C2. The Morgan fingerprint density at radius 1 is 0.353 bits per heavy atom. The maximum atomic E-state index is 2.97. The molecule has 5 heterocycles. The highest BCUT2D eigenvalue weighted by Gasteiger charge is 2.38. The lowest BCUT2D eigenvalue weighted by molar-refractivity contribution is 0.0185. The van der Waals surface area contributed by atoms with Crippen LogP contribution in [0.3, 0.4) is 0 Å². The van der Waals surface area contributed by atoms with Crippen LogP contribution in [-0.4, -0.2) is 49.1 Å². The minimum absolute atomic E-state index is 0.991. The summed E-state index contributed by atoms with van der Waals surface area (Å²) in [7, 11) is 0. The van der Waals surface area contributed by atoms with Crippen molar-refractivity contribution in [2.45, 2.75) is 141 Å². The van der Waals surface area contributed by atoms with Gasteiger partial charge in [0.25, 0.3) is 0 Å². The van der Waals surface area contributed by atoms with E-state index in [9.17, 15) is 0 Å². The smallest absolute Gasteiger partial charge is 0.00127 e. The van der Waals surface area contributed by atoms with Crippen LogP contribution in [0.15, 0.2) is 0 Å². The molecule has 0 saturated carbocycles. The molecule has 5 aliphatic heterocycles. The van der Waals surface area contributed by atoms with E-state index >= 15 is 0 Å². The third-order valence-electron chi connectivity index (χ3n) is 10.3. The zero-order chi connectivity index (χ0) is 23.3. The van der Waals surface area contributed by atoms with Gasteiger partial charge in [-0.1, -0.05) is 103 Å². The van der Waals surface area contributed by atoms with E-state index in [1.807, 2.05) is 0 Å². The molecule has 6 atom stereocenters. The molecule has 34 heavy (non-hydrogen) atoms. The Morgan fingerprint density at radius 3 is 1.50 bits per heavy atom. The molecule has 2 unspecified atom stereocenters. The van der Waals surface area contributed by atoms with Crippen LogP contribution < -0.4 is 0 Å². The van der Waals surface area contributed by atoms with Crippen molar-refractivity contribution in [1.29, 1.82) is 0 Å². The molecule has 0 N–H and O–H groups in total. The fourth-order valence-electron chi connectivity index (χ4n) is 8.29. The maximum absolute atomic E-state index is 2.97. The van der Waals surface area contributed by atoms with Gasteiger partial charge in [0, 0.05) is 19.6 Å². The number of rotatable bonds is 0. The Bertz CT molecular complexity index is 505. The molecule has 0 aliphatic carbocycles. The van der Waals surface area contributed by atoms with Crippen molar-refractivity contribution in [3.8, 4) is 0 Å². The van der Waals surface area contributed by atoms with Crippen molar-refractivity contribution >= 4 is 0 Å². The maximum Gasteiger partial charge on any atom is 0.00127 e. The monoisotopic (exact) mass is 472 g/mol. The highest BCUT2D eigenvalue weighted by molar-refractivity contribution is 4.90. The number of piperidine rings is 2. The van der Waals surface area contributed by atoms with Gasteiger partial charge in [0.05, 0.1) is 0 Å². The third-order valence-corrected chi connectivity index (χ3v) is 10.3. The molecule has 5 aliphatic rings. The highest BCUT2D eigenvalue weighted by atomic mass is 15.1. The molecule has 0 spiro atoms. The zero-order valence-electron chi connectivity index (χ0n) is 23.0. The van der Waals surface area contributed by atoms with Crippen LogP contribution in [0.4, 0.5) is 0 Å². The molecule has 5 fully saturated rings. The molecule has 2 nitrogen and oxygen atoms in total. The van der Waals surface area contributed by atoms with Gasteiger partial charge >= 0.3 is 0 Å². The lowest BCUT2D eigenvalue weighted by Gasteiger charge is -2.47. The van der Waals surface area contributed by atoms with Crippen molar-refractivity contribution < 1.29 is 0 Å². The third kappa shape index (κ3) is 9.42. The standard InChI is InChI=1S/C32H60N2/c1-2-5-10-14-18-23-34-26-29-19-15-11-7-4-6-9-13-17-22-33-24-21-32(31(25-29)28-34)30(27-33)20-16-12-8-3-1/h29-32H,1-28H2/t29-,30-,31+,32+/m1/s1. The highest BCUT2D eigenvalue weighted by Crippen LogP contribution is 2.40. The summed E-state index contributed by atoms with van der Waals surface area (Å²) in [6, 6.07) is 0. The molecule has 198 valence electrons. The number of fused-ring (bicyclic) bond motifs is 11. The Labute approximate surface area is 214 Å². The van der Waals surface area contributed by atoms with Crippen molar-refractivity contribution in [3.63, 3.8) is 0 Å². The predicted molar refractivity (Wildman–Crippen MR) is 148 cm³/mol. The zero-order valence-corrected chi connectivity index (χ0v) is 23.0. The van der Waals surface area contributed by atoms with Gasteiger partial charge in [-0.15, -0.1) is 0 Å². The van der Waals surface area contributed by atoms with E-state index in [0.29, 0.717) is 0 Å². The quantitative estimate of drug-likeness (QED) is 0.348. The first-order chi connectivity index (χ1) is 16.9. The molecule has 5 rings (SSSR count). The minimum atomic E-state index is 0.991. The van der Waals surface area contributed by atoms with Crippen molar-refractivity contribution in [3.05, 3.63) is 0 Å². The van der Waals surface area contributed by atoms with Gasteiger partial charge in [0.1, 0.15) is 0 Å². The lowest BCUT2D eigenvalue weighted by atomic mass is 9.69. The van der Waals surface area contributed by atoms with Gasteiger partial charge in [-0.05, 0) is 81.8 Å². The summed E-state index contributed by atoms with van der Waals surface area (Å²) in [5, 5.41) is 0. The van der Waals surface area contributed by atoms with Crippen LogP contribution in [0.5, 0.6) is 0 Å². The molecule has 0 amide bonds. The second-order valence-corrected chi connectivity index (χ2v) is 13.1. The van der Waals surface area contributed by atoms with Gasteiger partial charge < -0.3 is 9.80 Å². The predicted octanol–water partition coefficient (Wildman–Crippen LogP) is 8.69. The topological polar surface area (TPSA) is 6.48 Å². The van der Waals surface area contributed by atoms with Crippen LogP contribution >= 0.6 is 0 Å². The summed E-state index contributed by atoms with van der Waals surface area (Å²) >= 11 is 0. The lowest BCUT2D eigenvalue weighted by Crippen LogP contribution is -2.49. The average Bonchev–Trinajstić information content (AvgIpc) is 2.85. The van der Waals surface area contributed by atoms with Crippen molar-refractivity contribution in [2.75, 3.05) is 39.3 Å². The van der Waals surface area contributed by atoms with Crippen LogP contribution in [0.2, 0.25) is 0 Å². The summed E-state index contributed by atoms with van der Waals surface area (Å²) in [6.45, 7) is 8.50. The van der Waals surface area contributed by atoms with Gasteiger partial charge in [0.2, 0.25) is 0 Å².